The van der Waals surface area contributed by atoms with E-state index < -0.39 is 0 Å². The Bertz CT molecular complexity index is 469. The van der Waals surface area contributed by atoms with E-state index in [0.29, 0.717) is 0 Å². The van der Waals surface area contributed by atoms with E-state index in [1.54, 1.807) is 0 Å². The topological polar surface area (TPSA) is 62.9 Å². The Hall–Kier alpha value is -1.46. The van der Waals surface area contributed by atoms with Crippen molar-refractivity contribution in [1.82, 2.24) is 0 Å². The second-order valence-electron chi connectivity index (χ2n) is 5.42. The van der Waals surface area contributed by atoms with E-state index in [4.69, 9.17) is 24.7 Å². The molecule has 2 aliphatic rings. The van der Waals surface area contributed by atoms with Gasteiger partial charge in [0.2, 0.25) is 6.79 Å². The predicted octanol–water partition coefficient (Wildman–Crippen LogP) is 1.86. The maximum absolute atomic E-state index is 6.14. The quantitative estimate of drug-likeness (QED) is 0.911. The molecule has 3 rings (SSSR count). The fourth-order valence-corrected chi connectivity index (χ4v) is 2.55. The SMILES string of the molecule is CC(N)Cc1cc2c(cc1OC1CCOCC1)OCO2. The molecule has 0 radical (unpaired) electrons. The van der Waals surface area contributed by atoms with Crippen LogP contribution in [0.5, 0.6) is 17.2 Å². The van der Waals surface area contributed by atoms with Crippen LogP contribution in [-0.4, -0.2) is 32.2 Å². The molecule has 1 fully saturated rings. The molecule has 1 unspecified atom stereocenters. The van der Waals surface area contributed by atoms with Gasteiger partial charge in [0.25, 0.3) is 0 Å². The van der Waals surface area contributed by atoms with Crippen LogP contribution < -0.4 is 19.9 Å². The molecule has 0 amide bonds. The molecule has 5 nitrogen and oxygen atoms in total. The van der Waals surface area contributed by atoms with Gasteiger partial charge in [0.15, 0.2) is 11.5 Å². The van der Waals surface area contributed by atoms with Crippen molar-refractivity contribution in [2.75, 3.05) is 20.0 Å². The van der Waals surface area contributed by atoms with E-state index in [2.05, 4.69) is 0 Å². The first-order valence-corrected chi connectivity index (χ1v) is 7.15. The van der Waals surface area contributed by atoms with Crippen molar-refractivity contribution >= 4 is 0 Å². The molecule has 110 valence electrons. The zero-order valence-electron chi connectivity index (χ0n) is 11.8. The lowest BCUT2D eigenvalue weighted by Gasteiger charge is -2.25. The summed E-state index contributed by atoms with van der Waals surface area (Å²) in [4.78, 5) is 0. The normalized spacial score (nSPS) is 19.9. The van der Waals surface area contributed by atoms with Gasteiger partial charge in [-0.3, -0.25) is 0 Å². The van der Waals surface area contributed by atoms with Gasteiger partial charge in [-0.25, -0.2) is 0 Å². The molecule has 2 N–H and O–H groups in total. The number of nitrogens with two attached hydrogens (primary N) is 1. The van der Waals surface area contributed by atoms with Crippen LogP contribution >= 0.6 is 0 Å². The lowest BCUT2D eigenvalue weighted by Crippen LogP contribution is -2.26. The molecule has 2 heterocycles. The highest BCUT2D eigenvalue weighted by Crippen LogP contribution is 2.39. The predicted molar refractivity (Wildman–Crippen MR) is 74.4 cm³/mol. The molecule has 0 bridgehead atoms. The average Bonchev–Trinajstić information content (AvgIpc) is 2.86. The minimum atomic E-state index is 0.0763. The molecule has 1 saturated heterocycles. The zero-order valence-corrected chi connectivity index (χ0v) is 11.8. The highest BCUT2D eigenvalue weighted by Gasteiger charge is 2.22. The van der Waals surface area contributed by atoms with E-state index in [1.165, 1.54) is 0 Å². The molecule has 20 heavy (non-hydrogen) atoms. The van der Waals surface area contributed by atoms with Crippen molar-refractivity contribution in [2.45, 2.75) is 38.3 Å². The number of hydrogen-bond acceptors (Lipinski definition) is 5. The minimum absolute atomic E-state index is 0.0763. The number of fused-ring (bicyclic) bond motifs is 1. The van der Waals surface area contributed by atoms with Crippen LogP contribution in [0.2, 0.25) is 0 Å². The molecule has 0 aromatic heterocycles. The Kier molecular flexibility index (Phi) is 3.98. The highest BCUT2D eigenvalue weighted by atomic mass is 16.7. The Morgan fingerprint density at radius 1 is 1.25 bits per heavy atom. The van der Waals surface area contributed by atoms with Crippen molar-refractivity contribution < 1.29 is 18.9 Å². The first-order valence-electron chi connectivity index (χ1n) is 7.15. The Balaban J connectivity index is 1.82. The highest BCUT2D eigenvalue weighted by molar-refractivity contribution is 5.52. The van der Waals surface area contributed by atoms with Crippen molar-refractivity contribution in [2.24, 2.45) is 5.73 Å². The summed E-state index contributed by atoms with van der Waals surface area (Å²) in [6.07, 6.45) is 2.81. The van der Waals surface area contributed by atoms with Gasteiger partial charge in [-0.15, -0.1) is 0 Å². The summed E-state index contributed by atoms with van der Waals surface area (Å²) in [5, 5.41) is 0. The van der Waals surface area contributed by atoms with Crippen molar-refractivity contribution in [1.29, 1.82) is 0 Å². The summed E-state index contributed by atoms with van der Waals surface area (Å²) in [6.45, 7) is 3.78. The van der Waals surface area contributed by atoms with Gasteiger partial charge in [0.1, 0.15) is 11.9 Å². The van der Waals surface area contributed by atoms with Crippen LogP contribution in [0.25, 0.3) is 0 Å². The van der Waals surface area contributed by atoms with E-state index in [0.717, 1.165) is 55.3 Å². The molecule has 2 aliphatic heterocycles. The van der Waals surface area contributed by atoms with Gasteiger partial charge < -0.3 is 24.7 Å². The Labute approximate surface area is 118 Å². The van der Waals surface area contributed by atoms with Crippen molar-refractivity contribution in [3.05, 3.63) is 17.7 Å². The van der Waals surface area contributed by atoms with Crippen LogP contribution in [0.1, 0.15) is 25.3 Å². The molecule has 0 spiro atoms. The zero-order chi connectivity index (χ0) is 13.9. The molecule has 0 aliphatic carbocycles. The van der Waals surface area contributed by atoms with Gasteiger partial charge in [-0.2, -0.15) is 0 Å². The van der Waals surface area contributed by atoms with Crippen LogP contribution in [0.4, 0.5) is 0 Å². The maximum Gasteiger partial charge on any atom is 0.231 e. The average molecular weight is 279 g/mol. The number of hydrogen-bond donors (Lipinski definition) is 1. The lowest BCUT2D eigenvalue weighted by atomic mass is 10.0. The second kappa shape index (κ2) is 5.89. The van der Waals surface area contributed by atoms with Crippen LogP contribution in [0, 0.1) is 0 Å². The summed E-state index contributed by atoms with van der Waals surface area (Å²) in [7, 11) is 0. The van der Waals surface area contributed by atoms with Crippen LogP contribution in [-0.2, 0) is 11.2 Å². The maximum atomic E-state index is 6.14. The smallest absolute Gasteiger partial charge is 0.231 e. The molecule has 1 aromatic rings. The minimum Gasteiger partial charge on any atom is -0.490 e. The van der Waals surface area contributed by atoms with Crippen LogP contribution in [0.3, 0.4) is 0 Å². The fourth-order valence-electron chi connectivity index (χ4n) is 2.55. The summed E-state index contributed by atoms with van der Waals surface area (Å²) in [5.74, 6) is 2.39. The number of rotatable bonds is 4. The van der Waals surface area contributed by atoms with Gasteiger partial charge in [0, 0.05) is 24.9 Å². The summed E-state index contributed by atoms with van der Waals surface area (Å²) in [6, 6.07) is 3.99. The van der Waals surface area contributed by atoms with Gasteiger partial charge in [-0.05, 0) is 25.0 Å². The largest absolute Gasteiger partial charge is 0.490 e. The summed E-state index contributed by atoms with van der Waals surface area (Å²) < 4.78 is 22.4. The molecular formula is C15H21NO4. The molecule has 1 aromatic carbocycles. The van der Waals surface area contributed by atoms with Gasteiger partial charge in [-0.1, -0.05) is 0 Å². The van der Waals surface area contributed by atoms with Gasteiger partial charge >= 0.3 is 0 Å². The van der Waals surface area contributed by atoms with E-state index in [9.17, 15) is 0 Å². The first kappa shape index (κ1) is 13.5. The lowest BCUT2D eigenvalue weighted by molar-refractivity contribution is 0.0251. The van der Waals surface area contributed by atoms with E-state index in [-0.39, 0.29) is 18.9 Å². The third-order valence-corrected chi connectivity index (χ3v) is 3.56. The monoisotopic (exact) mass is 279 g/mol. The van der Waals surface area contributed by atoms with E-state index >= 15 is 0 Å². The van der Waals surface area contributed by atoms with Crippen LogP contribution in [0.15, 0.2) is 12.1 Å². The molecule has 5 heteroatoms. The van der Waals surface area contributed by atoms with E-state index in [1.807, 2.05) is 19.1 Å². The molecule has 0 saturated carbocycles. The third kappa shape index (κ3) is 2.99. The number of ether oxygens (including phenoxy) is 4. The first-order chi connectivity index (χ1) is 9.72. The fraction of sp³-hybridized carbons (Fsp3) is 0.600. The van der Waals surface area contributed by atoms with Crippen molar-refractivity contribution in [3.63, 3.8) is 0 Å². The third-order valence-electron chi connectivity index (χ3n) is 3.56. The second-order valence-corrected chi connectivity index (χ2v) is 5.42. The molecule has 1 atom stereocenters. The summed E-state index contributed by atoms with van der Waals surface area (Å²) >= 11 is 0. The van der Waals surface area contributed by atoms with Gasteiger partial charge in [0.05, 0.1) is 13.2 Å². The van der Waals surface area contributed by atoms with Crippen molar-refractivity contribution in [3.8, 4) is 17.2 Å². The number of benzene rings is 1. The Morgan fingerprint density at radius 3 is 2.65 bits per heavy atom. The summed E-state index contributed by atoms with van der Waals surface area (Å²) in [5.41, 5.74) is 7.00. The standard InChI is InChI=1S/C15H21NO4/c1-10(16)6-11-7-14-15(19-9-18-14)8-13(11)20-12-2-4-17-5-3-12/h7-8,10,12H,2-6,9,16H2,1H3. The Morgan fingerprint density at radius 2 is 1.95 bits per heavy atom. The molecular weight excluding hydrogens is 258 g/mol.